The second-order valence-electron chi connectivity index (χ2n) is 6.23. The van der Waals surface area contributed by atoms with Crippen LogP contribution in [-0.2, 0) is 13.2 Å². The highest BCUT2D eigenvalue weighted by Gasteiger charge is 2.13. The van der Waals surface area contributed by atoms with Gasteiger partial charge < -0.3 is 19.9 Å². The van der Waals surface area contributed by atoms with Crippen LogP contribution in [0.25, 0.3) is 0 Å². The van der Waals surface area contributed by atoms with E-state index in [0.717, 1.165) is 21.3 Å². The second-order valence-corrected chi connectivity index (χ2v) is 7.49. The molecule has 3 aromatic rings. The molecule has 0 amide bonds. The van der Waals surface area contributed by atoms with E-state index in [4.69, 9.17) is 26.2 Å². The van der Waals surface area contributed by atoms with Gasteiger partial charge in [-0.3, -0.25) is 0 Å². The van der Waals surface area contributed by atoms with Crippen molar-refractivity contribution in [2.24, 2.45) is 0 Å². The molecule has 0 bridgehead atoms. The predicted octanol–water partition coefficient (Wildman–Crippen LogP) is 6.00. The Labute approximate surface area is 182 Å². The third kappa shape index (κ3) is 5.43. The van der Waals surface area contributed by atoms with Crippen LogP contribution < -0.4 is 14.8 Å². The average Bonchev–Trinajstić information content (AvgIpc) is 2.72. The van der Waals surface area contributed by atoms with Crippen LogP contribution in [0.15, 0.2) is 65.1 Å². The van der Waals surface area contributed by atoms with E-state index in [1.807, 2.05) is 42.5 Å². The van der Waals surface area contributed by atoms with Crippen LogP contribution >= 0.6 is 27.5 Å². The van der Waals surface area contributed by atoms with Crippen LogP contribution in [0.2, 0.25) is 5.02 Å². The summed E-state index contributed by atoms with van der Waals surface area (Å²) in [5.41, 5.74) is 2.78. The van der Waals surface area contributed by atoms with Crippen molar-refractivity contribution in [1.82, 2.24) is 0 Å². The molecule has 0 saturated heterocycles. The SMILES string of the molecule is COc1cc(CNc2cccc(C(=O)O)c2)cc(Br)c1OCc1ccccc1Cl. The van der Waals surface area contributed by atoms with Crippen molar-refractivity contribution < 1.29 is 19.4 Å². The third-order valence-corrected chi connectivity index (χ3v) is 5.18. The zero-order chi connectivity index (χ0) is 20.8. The lowest BCUT2D eigenvalue weighted by atomic mass is 10.1. The number of anilines is 1. The fourth-order valence-corrected chi connectivity index (χ4v) is 3.54. The van der Waals surface area contributed by atoms with E-state index in [-0.39, 0.29) is 5.56 Å². The summed E-state index contributed by atoms with van der Waals surface area (Å²) in [7, 11) is 1.58. The minimum atomic E-state index is -0.960. The van der Waals surface area contributed by atoms with E-state index in [1.165, 1.54) is 0 Å². The van der Waals surface area contributed by atoms with E-state index in [2.05, 4.69) is 21.2 Å². The molecular formula is C22H19BrClNO4. The van der Waals surface area contributed by atoms with Gasteiger partial charge in [0.1, 0.15) is 6.61 Å². The second kappa shape index (κ2) is 9.67. The largest absolute Gasteiger partial charge is 0.493 e. The fraction of sp³-hybridized carbons (Fsp3) is 0.136. The molecule has 0 fully saturated rings. The minimum absolute atomic E-state index is 0.233. The van der Waals surface area contributed by atoms with Gasteiger partial charge in [0.25, 0.3) is 0 Å². The smallest absolute Gasteiger partial charge is 0.335 e. The highest BCUT2D eigenvalue weighted by molar-refractivity contribution is 9.10. The van der Waals surface area contributed by atoms with Crippen LogP contribution in [0.1, 0.15) is 21.5 Å². The minimum Gasteiger partial charge on any atom is -0.493 e. The maximum atomic E-state index is 11.1. The summed E-state index contributed by atoms with van der Waals surface area (Å²) in [5, 5.41) is 13.0. The fourth-order valence-electron chi connectivity index (χ4n) is 2.75. The molecule has 0 aliphatic rings. The highest BCUT2D eigenvalue weighted by atomic mass is 79.9. The molecule has 3 rings (SSSR count). The van der Waals surface area contributed by atoms with Crippen molar-refractivity contribution in [2.45, 2.75) is 13.2 Å². The first-order valence-corrected chi connectivity index (χ1v) is 9.95. The first kappa shape index (κ1) is 21.0. The van der Waals surface area contributed by atoms with E-state index < -0.39 is 5.97 Å². The van der Waals surface area contributed by atoms with Crippen molar-refractivity contribution in [3.05, 3.63) is 86.8 Å². The van der Waals surface area contributed by atoms with Crippen LogP contribution in [0.4, 0.5) is 5.69 Å². The Morgan fingerprint density at radius 2 is 1.93 bits per heavy atom. The van der Waals surface area contributed by atoms with Crippen molar-refractivity contribution in [2.75, 3.05) is 12.4 Å². The number of aromatic carboxylic acids is 1. The molecule has 0 atom stereocenters. The number of nitrogens with one attached hydrogen (secondary N) is 1. The average molecular weight is 477 g/mol. The molecule has 150 valence electrons. The molecule has 0 spiro atoms. The van der Waals surface area contributed by atoms with Crippen LogP contribution in [-0.4, -0.2) is 18.2 Å². The molecule has 0 heterocycles. The molecule has 7 heteroatoms. The number of benzene rings is 3. The standard InChI is InChI=1S/C22H19BrClNO4/c1-28-20-10-14(12-25-17-7-4-6-15(11-17)22(26)27)9-18(23)21(20)29-13-16-5-2-3-8-19(16)24/h2-11,25H,12-13H2,1H3,(H,26,27). The van der Waals surface area contributed by atoms with Gasteiger partial charge in [-0.15, -0.1) is 0 Å². The number of methoxy groups -OCH3 is 1. The summed E-state index contributed by atoms with van der Waals surface area (Å²) in [6, 6.07) is 18.0. The number of ether oxygens (including phenoxy) is 2. The van der Waals surface area contributed by atoms with Crippen molar-refractivity contribution in [1.29, 1.82) is 0 Å². The Bertz CT molecular complexity index is 1030. The molecule has 3 aromatic carbocycles. The Morgan fingerprint density at radius 3 is 2.66 bits per heavy atom. The lowest BCUT2D eigenvalue weighted by molar-refractivity contribution is 0.0697. The topological polar surface area (TPSA) is 67.8 Å². The van der Waals surface area contributed by atoms with Gasteiger partial charge >= 0.3 is 5.97 Å². The van der Waals surface area contributed by atoms with E-state index >= 15 is 0 Å². The van der Waals surface area contributed by atoms with Gasteiger partial charge in [0.2, 0.25) is 0 Å². The third-order valence-electron chi connectivity index (χ3n) is 4.23. The number of carboxylic acid groups (broad SMARTS) is 1. The Balaban J connectivity index is 1.73. The van der Waals surface area contributed by atoms with Crippen molar-refractivity contribution >= 4 is 39.2 Å². The Morgan fingerprint density at radius 1 is 1.14 bits per heavy atom. The quantitative estimate of drug-likeness (QED) is 0.417. The lowest BCUT2D eigenvalue weighted by Crippen LogP contribution is -2.04. The van der Waals surface area contributed by atoms with E-state index in [1.54, 1.807) is 25.3 Å². The molecule has 29 heavy (non-hydrogen) atoms. The molecule has 2 N–H and O–H groups in total. The van der Waals surface area contributed by atoms with Crippen molar-refractivity contribution in [3.8, 4) is 11.5 Å². The lowest BCUT2D eigenvalue weighted by Gasteiger charge is -2.15. The number of carbonyl (C=O) groups is 1. The van der Waals surface area contributed by atoms with Crippen molar-refractivity contribution in [3.63, 3.8) is 0 Å². The molecule has 0 radical (unpaired) electrons. The number of hydrogen-bond donors (Lipinski definition) is 2. The van der Waals surface area contributed by atoms with Gasteiger partial charge in [0.05, 0.1) is 17.1 Å². The van der Waals surface area contributed by atoms with Crippen LogP contribution in [0.5, 0.6) is 11.5 Å². The van der Waals surface area contributed by atoms with Crippen LogP contribution in [0, 0.1) is 0 Å². The zero-order valence-corrected chi connectivity index (χ0v) is 18.0. The van der Waals surface area contributed by atoms with Gasteiger partial charge in [-0.25, -0.2) is 4.79 Å². The monoisotopic (exact) mass is 475 g/mol. The molecule has 5 nitrogen and oxygen atoms in total. The maximum Gasteiger partial charge on any atom is 0.335 e. The number of hydrogen-bond acceptors (Lipinski definition) is 4. The molecule has 0 aromatic heterocycles. The summed E-state index contributed by atoms with van der Waals surface area (Å²) < 4.78 is 12.2. The molecule has 0 aliphatic carbocycles. The Kier molecular flexibility index (Phi) is 7.01. The molecule has 0 unspecified atom stereocenters. The molecule has 0 saturated carbocycles. The number of halogens is 2. The maximum absolute atomic E-state index is 11.1. The van der Waals surface area contributed by atoms with Gasteiger partial charge in [0, 0.05) is 22.8 Å². The predicted molar refractivity (Wildman–Crippen MR) is 117 cm³/mol. The summed E-state index contributed by atoms with van der Waals surface area (Å²) in [4.78, 5) is 11.1. The van der Waals surface area contributed by atoms with Gasteiger partial charge in [0.15, 0.2) is 11.5 Å². The number of carboxylic acids is 1. The van der Waals surface area contributed by atoms with Gasteiger partial charge in [-0.05, 0) is 57.9 Å². The van der Waals surface area contributed by atoms with E-state index in [0.29, 0.717) is 29.7 Å². The zero-order valence-electron chi connectivity index (χ0n) is 15.6. The van der Waals surface area contributed by atoms with Gasteiger partial charge in [-0.2, -0.15) is 0 Å². The van der Waals surface area contributed by atoms with Crippen LogP contribution in [0.3, 0.4) is 0 Å². The van der Waals surface area contributed by atoms with Gasteiger partial charge in [-0.1, -0.05) is 35.9 Å². The first-order valence-electron chi connectivity index (χ1n) is 8.77. The summed E-state index contributed by atoms with van der Waals surface area (Å²) in [6.07, 6.45) is 0. The summed E-state index contributed by atoms with van der Waals surface area (Å²) in [5.74, 6) is 0.213. The Hall–Kier alpha value is -2.70. The molecular weight excluding hydrogens is 458 g/mol. The summed E-state index contributed by atoms with van der Waals surface area (Å²) >= 11 is 9.74. The number of rotatable bonds is 8. The highest BCUT2D eigenvalue weighted by Crippen LogP contribution is 2.37. The first-order chi connectivity index (χ1) is 14.0. The molecule has 0 aliphatic heterocycles. The van der Waals surface area contributed by atoms with E-state index in [9.17, 15) is 4.79 Å². The normalized spacial score (nSPS) is 10.4. The summed E-state index contributed by atoms with van der Waals surface area (Å²) in [6.45, 7) is 0.803.